The van der Waals surface area contributed by atoms with Gasteiger partial charge in [0.25, 0.3) is 0 Å². The van der Waals surface area contributed by atoms with Crippen LogP contribution in [0.1, 0.15) is 39.4 Å². The Morgan fingerprint density at radius 1 is 1.33 bits per heavy atom. The number of rotatable bonds is 8. The van der Waals surface area contributed by atoms with Gasteiger partial charge in [0.2, 0.25) is 0 Å². The molecule has 0 bridgehead atoms. The second-order valence-corrected chi connectivity index (χ2v) is 6.15. The fraction of sp³-hybridized carbons (Fsp3) is 0.588. The smallest absolute Gasteiger partial charge is 0.147 e. The lowest BCUT2D eigenvalue weighted by molar-refractivity contribution is 0.320. The highest BCUT2D eigenvalue weighted by atomic mass is 35.5. The standard InChI is InChI=1S/C17H25ClN2O/c1-4-12-21-15-7-5-6-14-17(15)19-16(8-10-18)20(14)11-9-13(2)3/h5-7,13H,4,8-12H2,1-3H3. The normalized spacial score (nSPS) is 11.5. The summed E-state index contributed by atoms with van der Waals surface area (Å²) >= 11 is 5.94. The number of imidazole rings is 1. The molecule has 116 valence electrons. The fourth-order valence-electron chi connectivity index (χ4n) is 2.41. The molecule has 2 aromatic rings. The van der Waals surface area contributed by atoms with Gasteiger partial charge in [0.15, 0.2) is 0 Å². The number of para-hydroxylation sites is 1. The molecular formula is C17H25ClN2O. The Labute approximate surface area is 132 Å². The molecule has 1 heterocycles. The molecule has 0 unspecified atom stereocenters. The van der Waals surface area contributed by atoms with Crippen LogP contribution in [0.15, 0.2) is 18.2 Å². The average Bonchev–Trinajstić information content (AvgIpc) is 2.81. The van der Waals surface area contributed by atoms with Gasteiger partial charge in [0.05, 0.1) is 12.1 Å². The van der Waals surface area contributed by atoms with E-state index in [0.29, 0.717) is 11.8 Å². The van der Waals surface area contributed by atoms with Crippen LogP contribution in [0.3, 0.4) is 0 Å². The third kappa shape index (κ3) is 3.91. The van der Waals surface area contributed by atoms with Gasteiger partial charge in [-0.3, -0.25) is 0 Å². The minimum atomic E-state index is 0.593. The number of alkyl halides is 1. The average molecular weight is 309 g/mol. The van der Waals surface area contributed by atoms with Crippen molar-refractivity contribution in [3.05, 3.63) is 24.0 Å². The van der Waals surface area contributed by atoms with Crippen LogP contribution in [0.5, 0.6) is 5.75 Å². The van der Waals surface area contributed by atoms with Crippen LogP contribution in [0.2, 0.25) is 0 Å². The summed E-state index contributed by atoms with van der Waals surface area (Å²) in [7, 11) is 0. The van der Waals surface area contributed by atoms with E-state index in [0.717, 1.165) is 55.0 Å². The van der Waals surface area contributed by atoms with E-state index in [1.807, 2.05) is 12.1 Å². The Morgan fingerprint density at radius 2 is 2.14 bits per heavy atom. The molecule has 21 heavy (non-hydrogen) atoms. The SMILES string of the molecule is CCCOc1cccc2c1nc(CCCl)n2CCC(C)C. The van der Waals surface area contributed by atoms with E-state index >= 15 is 0 Å². The number of fused-ring (bicyclic) bond motifs is 1. The highest BCUT2D eigenvalue weighted by Gasteiger charge is 2.14. The molecule has 0 aliphatic carbocycles. The molecule has 4 heteroatoms. The predicted molar refractivity (Wildman–Crippen MR) is 89.4 cm³/mol. The van der Waals surface area contributed by atoms with Crippen LogP contribution in [-0.2, 0) is 13.0 Å². The molecule has 0 saturated carbocycles. The highest BCUT2D eigenvalue weighted by molar-refractivity contribution is 6.17. The third-order valence-electron chi connectivity index (χ3n) is 3.53. The van der Waals surface area contributed by atoms with Gasteiger partial charge < -0.3 is 9.30 Å². The van der Waals surface area contributed by atoms with Crippen molar-refractivity contribution in [2.75, 3.05) is 12.5 Å². The van der Waals surface area contributed by atoms with Crippen LogP contribution in [0.4, 0.5) is 0 Å². The molecule has 0 aliphatic rings. The third-order valence-corrected chi connectivity index (χ3v) is 3.72. The molecule has 0 N–H and O–H groups in total. The van der Waals surface area contributed by atoms with E-state index in [9.17, 15) is 0 Å². The van der Waals surface area contributed by atoms with Crippen LogP contribution < -0.4 is 4.74 Å². The Hall–Kier alpha value is -1.22. The van der Waals surface area contributed by atoms with Gasteiger partial charge in [-0.25, -0.2) is 4.98 Å². The van der Waals surface area contributed by atoms with Gasteiger partial charge in [-0.15, -0.1) is 11.6 Å². The molecule has 0 saturated heterocycles. The largest absolute Gasteiger partial charge is 0.491 e. The van der Waals surface area contributed by atoms with Crippen molar-refractivity contribution in [3.63, 3.8) is 0 Å². The van der Waals surface area contributed by atoms with Crippen molar-refractivity contribution < 1.29 is 4.74 Å². The summed E-state index contributed by atoms with van der Waals surface area (Å²) in [6, 6.07) is 6.17. The lowest BCUT2D eigenvalue weighted by Gasteiger charge is -2.10. The molecule has 0 spiro atoms. The van der Waals surface area contributed by atoms with E-state index < -0.39 is 0 Å². The molecule has 1 aromatic carbocycles. The molecule has 2 rings (SSSR count). The summed E-state index contributed by atoms with van der Waals surface area (Å²) in [4.78, 5) is 4.79. The number of hydrogen-bond donors (Lipinski definition) is 0. The first-order chi connectivity index (χ1) is 10.2. The fourth-order valence-corrected chi connectivity index (χ4v) is 2.58. The van der Waals surface area contributed by atoms with Gasteiger partial charge in [0, 0.05) is 18.8 Å². The number of hydrogen-bond acceptors (Lipinski definition) is 2. The van der Waals surface area contributed by atoms with Gasteiger partial charge >= 0.3 is 0 Å². The summed E-state index contributed by atoms with van der Waals surface area (Å²) in [6.45, 7) is 8.31. The highest BCUT2D eigenvalue weighted by Crippen LogP contribution is 2.27. The van der Waals surface area contributed by atoms with E-state index in [-0.39, 0.29) is 0 Å². The first kappa shape index (κ1) is 16.2. The number of halogens is 1. The Balaban J connectivity index is 2.40. The number of ether oxygens (including phenoxy) is 1. The zero-order valence-corrected chi connectivity index (χ0v) is 14.0. The lowest BCUT2D eigenvalue weighted by atomic mass is 10.1. The molecular weight excluding hydrogens is 284 g/mol. The summed E-state index contributed by atoms with van der Waals surface area (Å²) in [5.41, 5.74) is 2.12. The first-order valence-electron chi connectivity index (χ1n) is 7.84. The Bertz CT molecular complexity index is 577. The minimum absolute atomic E-state index is 0.593. The van der Waals surface area contributed by atoms with E-state index in [2.05, 4.69) is 31.4 Å². The van der Waals surface area contributed by atoms with Crippen molar-refractivity contribution in [3.8, 4) is 5.75 Å². The number of aromatic nitrogens is 2. The molecule has 0 atom stereocenters. The molecule has 0 aliphatic heterocycles. The maximum Gasteiger partial charge on any atom is 0.147 e. The minimum Gasteiger partial charge on any atom is -0.491 e. The summed E-state index contributed by atoms with van der Waals surface area (Å²) in [5, 5.41) is 0. The zero-order valence-electron chi connectivity index (χ0n) is 13.2. The Kier molecular flexibility index (Phi) is 5.92. The quantitative estimate of drug-likeness (QED) is 0.664. The topological polar surface area (TPSA) is 27.1 Å². The van der Waals surface area contributed by atoms with Crippen LogP contribution in [0.25, 0.3) is 11.0 Å². The molecule has 1 aromatic heterocycles. The van der Waals surface area contributed by atoms with Crippen molar-refractivity contribution in [1.29, 1.82) is 0 Å². The molecule has 0 amide bonds. The predicted octanol–water partition coefficient (Wildman–Crippen LogP) is 4.65. The van der Waals surface area contributed by atoms with Crippen LogP contribution in [0, 0.1) is 5.92 Å². The summed E-state index contributed by atoms with van der Waals surface area (Å²) < 4.78 is 8.13. The molecule has 0 fully saturated rings. The van der Waals surface area contributed by atoms with Gasteiger partial charge in [-0.2, -0.15) is 0 Å². The maximum absolute atomic E-state index is 5.94. The second kappa shape index (κ2) is 7.69. The van der Waals surface area contributed by atoms with E-state index in [4.69, 9.17) is 21.3 Å². The van der Waals surface area contributed by atoms with Gasteiger partial charge in [0.1, 0.15) is 17.1 Å². The number of aryl methyl sites for hydroxylation is 2. The van der Waals surface area contributed by atoms with E-state index in [1.165, 1.54) is 0 Å². The van der Waals surface area contributed by atoms with Crippen molar-refractivity contribution in [2.24, 2.45) is 5.92 Å². The summed E-state index contributed by atoms with van der Waals surface area (Å²) in [6.07, 6.45) is 2.93. The number of nitrogens with zero attached hydrogens (tertiary/aromatic N) is 2. The molecule has 0 radical (unpaired) electrons. The maximum atomic E-state index is 5.94. The van der Waals surface area contributed by atoms with Crippen molar-refractivity contribution >= 4 is 22.6 Å². The van der Waals surface area contributed by atoms with Crippen LogP contribution in [-0.4, -0.2) is 22.0 Å². The van der Waals surface area contributed by atoms with Crippen molar-refractivity contribution in [1.82, 2.24) is 9.55 Å². The summed E-state index contributed by atoms with van der Waals surface area (Å²) in [5.74, 6) is 3.21. The monoisotopic (exact) mass is 308 g/mol. The second-order valence-electron chi connectivity index (χ2n) is 5.77. The number of benzene rings is 1. The van der Waals surface area contributed by atoms with Gasteiger partial charge in [-0.1, -0.05) is 26.8 Å². The molecule has 3 nitrogen and oxygen atoms in total. The first-order valence-corrected chi connectivity index (χ1v) is 8.37. The lowest BCUT2D eigenvalue weighted by Crippen LogP contribution is -2.06. The zero-order chi connectivity index (χ0) is 15.2. The van der Waals surface area contributed by atoms with Gasteiger partial charge in [-0.05, 0) is 30.9 Å². The van der Waals surface area contributed by atoms with Crippen LogP contribution >= 0.6 is 11.6 Å². The Morgan fingerprint density at radius 3 is 2.81 bits per heavy atom. The van der Waals surface area contributed by atoms with E-state index in [1.54, 1.807) is 0 Å². The van der Waals surface area contributed by atoms with Crippen molar-refractivity contribution in [2.45, 2.75) is 46.6 Å².